The van der Waals surface area contributed by atoms with Crippen LogP contribution in [0.25, 0.3) is 71.3 Å². The van der Waals surface area contributed by atoms with E-state index < -0.39 is 0 Å². The second-order valence-corrected chi connectivity index (χ2v) is 10.1. The molecule has 0 N–H and O–H groups in total. The van der Waals surface area contributed by atoms with Gasteiger partial charge >= 0.3 is 0 Å². The molecule has 9 rings (SSSR count). The molecule has 40 heavy (non-hydrogen) atoms. The van der Waals surface area contributed by atoms with Crippen LogP contribution in [0.1, 0.15) is 6.85 Å². The summed E-state index contributed by atoms with van der Waals surface area (Å²) in [4.78, 5) is 0. The standard InChI is InChI=1S/C38H23NO/c1-2-11-25(12-3-1)39-33-18-9-17-29(36(33)32-21-20-24-10-4-5-13-26(24)38(32)39)27-22-23-35-37-30(27)15-8-16-31(37)28-14-6-7-19-34(28)40-35/h1-23H/i8D,15D,16D,22D,23D. The number of aromatic nitrogens is 1. The highest BCUT2D eigenvalue weighted by atomic mass is 16.5. The quantitative estimate of drug-likeness (QED) is 0.224. The Balaban J connectivity index is 1.51. The first-order valence-corrected chi connectivity index (χ1v) is 13.3. The number of benzene rings is 7. The van der Waals surface area contributed by atoms with Crippen LogP contribution in [0.2, 0.25) is 0 Å². The SMILES string of the molecule is [2H]c1c([2H])c2c3c(c([2H])c([2H])c(-c4cccc5c4c4ccc6ccccc6c4n5-c4ccccc4)c3c1[2H])Oc1ccccc1-2. The highest BCUT2D eigenvalue weighted by molar-refractivity contribution is 6.24. The molecule has 1 aliphatic heterocycles. The van der Waals surface area contributed by atoms with Gasteiger partial charge in [0.1, 0.15) is 11.5 Å². The van der Waals surface area contributed by atoms with E-state index in [4.69, 9.17) is 10.2 Å². The third kappa shape index (κ3) is 2.88. The van der Waals surface area contributed by atoms with Gasteiger partial charge in [-0.3, -0.25) is 0 Å². The minimum absolute atomic E-state index is 0.0811. The summed E-state index contributed by atoms with van der Waals surface area (Å²) in [5.41, 5.74) is 5.14. The molecule has 0 atom stereocenters. The van der Waals surface area contributed by atoms with Gasteiger partial charge < -0.3 is 9.30 Å². The lowest BCUT2D eigenvalue weighted by Crippen LogP contribution is -1.97. The number of nitrogens with zero attached hydrogens (tertiary/aromatic N) is 1. The van der Waals surface area contributed by atoms with E-state index in [1.165, 1.54) is 0 Å². The molecule has 2 heterocycles. The predicted molar refractivity (Wildman–Crippen MR) is 167 cm³/mol. The van der Waals surface area contributed by atoms with Crippen LogP contribution in [0.15, 0.2) is 139 Å². The van der Waals surface area contributed by atoms with Gasteiger partial charge in [0.25, 0.3) is 0 Å². The normalized spacial score (nSPS) is 13.9. The number of hydrogen-bond donors (Lipinski definition) is 0. The van der Waals surface area contributed by atoms with Crippen LogP contribution in [-0.4, -0.2) is 4.57 Å². The second kappa shape index (κ2) is 8.08. The van der Waals surface area contributed by atoms with E-state index >= 15 is 0 Å². The number of para-hydroxylation sites is 2. The lowest BCUT2D eigenvalue weighted by molar-refractivity contribution is 0.487. The monoisotopic (exact) mass is 514 g/mol. The van der Waals surface area contributed by atoms with Gasteiger partial charge in [-0.15, -0.1) is 0 Å². The fourth-order valence-corrected chi connectivity index (χ4v) is 6.30. The van der Waals surface area contributed by atoms with Crippen molar-refractivity contribution < 1.29 is 11.6 Å². The van der Waals surface area contributed by atoms with Crippen LogP contribution in [0, 0.1) is 0 Å². The van der Waals surface area contributed by atoms with Crippen molar-refractivity contribution in [3.05, 3.63) is 139 Å². The molecule has 0 bridgehead atoms. The lowest BCUT2D eigenvalue weighted by atomic mass is 9.89. The molecular formula is C38H23NO. The van der Waals surface area contributed by atoms with Gasteiger partial charge in [0, 0.05) is 32.8 Å². The number of hydrogen-bond acceptors (Lipinski definition) is 1. The number of ether oxygens (including phenoxy) is 1. The Labute approximate surface area is 238 Å². The fourth-order valence-electron chi connectivity index (χ4n) is 6.30. The minimum Gasteiger partial charge on any atom is -0.456 e. The van der Waals surface area contributed by atoms with Gasteiger partial charge in [0.2, 0.25) is 0 Å². The summed E-state index contributed by atoms with van der Waals surface area (Å²) in [7, 11) is 0. The molecule has 0 radical (unpaired) electrons. The van der Waals surface area contributed by atoms with Gasteiger partial charge in [-0.25, -0.2) is 0 Å². The predicted octanol–water partition coefficient (Wildman–Crippen LogP) is 10.5. The van der Waals surface area contributed by atoms with E-state index in [0.29, 0.717) is 38.8 Å². The molecule has 0 amide bonds. The average Bonchev–Trinajstić information content (AvgIpc) is 3.43. The van der Waals surface area contributed by atoms with Crippen LogP contribution in [-0.2, 0) is 0 Å². The van der Waals surface area contributed by atoms with Gasteiger partial charge in [-0.1, -0.05) is 109 Å². The van der Waals surface area contributed by atoms with Crippen molar-refractivity contribution in [3.8, 4) is 39.4 Å². The maximum absolute atomic E-state index is 9.38. The van der Waals surface area contributed by atoms with Crippen LogP contribution in [0.5, 0.6) is 11.5 Å². The zero-order valence-corrected chi connectivity index (χ0v) is 21.2. The Morgan fingerprint density at radius 1 is 0.500 bits per heavy atom. The summed E-state index contributed by atoms with van der Waals surface area (Å²) < 4.78 is 54.0. The number of rotatable bonds is 2. The summed E-state index contributed by atoms with van der Waals surface area (Å²) >= 11 is 0. The van der Waals surface area contributed by atoms with Gasteiger partial charge in [0.15, 0.2) is 0 Å². The largest absolute Gasteiger partial charge is 0.456 e. The molecule has 0 saturated heterocycles. The van der Waals surface area contributed by atoms with E-state index in [1.807, 2.05) is 60.7 Å². The molecule has 1 aromatic heterocycles. The van der Waals surface area contributed by atoms with Crippen molar-refractivity contribution in [1.29, 1.82) is 0 Å². The molecule has 8 aromatic rings. The summed E-state index contributed by atoms with van der Waals surface area (Å²) in [5, 5.41) is 4.85. The van der Waals surface area contributed by atoms with E-state index in [0.717, 1.165) is 38.3 Å². The highest BCUT2D eigenvalue weighted by Gasteiger charge is 2.23. The average molecular weight is 515 g/mol. The molecule has 1 aliphatic rings. The Kier molecular flexibility index (Phi) is 3.49. The molecular weight excluding hydrogens is 486 g/mol. The number of fused-ring (bicyclic) bond motifs is 7. The highest BCUT2D eigenvalue weighted by Crippen LogP contribution is 2.50. The summed E-state index contributed by atoms with van der Waals surface area (Å²) in [5.74, 6) is 0.622. The maximum Gasteiger partial charge on any atom is 0.135 e. The van der Waals surface area contributed by atoms with Gasteiger partial charge in [0.05, 0.1) is 17.9 Å². The van der Waals surface area contributed by atoms with Crippen LogP contribution >= 0.6 is 0 Å². The molecule has 0 saturated carbocycles. The van der Waals surface area contributed by atoms with E-state index in [2.05, 4.69) is 47.0 Å². The first-order chi connectivity index (χ1) is 22.0. The van der Waals surface area contributed by atoms with Crippen molar-refractivity contribution in [2.75, 3.05) is 0 Å². The van der Waals surface area contributed by atoms with Crippen molar-refractivity contribution >= 4 is 43.4 Å². The topological polar surface area (TPSA) is 14.2 Å². The fraction of sp³-hybridized carbons (Fsp3) is 0. The molecule has 0 fully saturated rings. The molecule has 0 aliphatic carbocycles. The van der Waals surface area contributed by atoms with Crippen LogP contribution in [0.3, 0.4) is 0 Å². The third-order valence-corrected chi connectivity index (χ3v) is 7.98. The zero-order valence-electron chi connectivity index (χ0n) is 26.2. The van der Waals surface area contributed by atoms with Gasteiger partial charge in [-0.05, 0) is 57.8 Å². The molecule has 186 valence electrons. The summed E-state index contributed by atoms with van der Waals surface area (Å²) in [6.07, 6.45) is 0. The Hall–Kier alpha value is -5.34. The van der Waals surface area contributed by atoms with Crippen LogP contribution < -0.4 is 4.74 Å². The Morgan fingerprint density at radius 3 is 2.27 bits per heavy atom. The minimum atomic E-state index is -0.219. The smallest absolute Gasteiger partial charge is 0.135 e. The second-order valence-electron chi connectivity index (χ2n) is 10.1. The van der Waals surface area contributed by atoms with Crippen molar-refractivity contribution in [3.63, 3.8) is 0 Å². The molecule has 7 aromatic carbocycles. The van der Waals surface area contributed by atoms with Gasteiger partial charge in [-0.2, -0.15) is 0 Å². The Bertz CT molecular complexity index is 2570. The first-order valence-electron chi connectivity index (χ1n) is 15.8. The first kappa shape index (κ1) is 17.3. The van der Waals surface area contributed by atoms with Crippen molar-refractivity contribution in [2.45, 2.75) is 0 Å². The third-order valence-electron chi connectivity index (χ3n) is 7.98. The summed E-state index contributed by atoms with van der Waals surface area (Å²) in [6.45, 7) is 0. The molecule has 0 unspecified atom stereocenters. The maximum atomic E-state index is 9.38. The zero-order chi connectivity index (χ0) is 30.6. The van der Waals surface area contributed by atoms with E-state index in [-0.39, 0.29) is 36.0 Å². The summed E-state index contributed by atoms with van der Waals surface area (Å²) in [6, 6.07) is 35.2. The van der Waals surface area contributed by atoms with Crippen molar-refractivity contribution in [1.82, 2.24) is 4.57 Å². The lowest BCUT2D eigenvalue weighted by Gasteiger charge is -2.22. The van der Waals surface area contributed by atoms with E-state index in [1.54, 1.807) is 6.07 Å². The molecule has 2 nitrogen and oxygen atoms in total. The van der Waals surface area contributed by atoms with E-state index in [9.17, 15) is 1.37 Å². The Morgan fingerprint density at radius 2 is 1.32 bits per heavy atom. The molecule has 0 spiro atoms. The van der Waals surface area contributed by atoms with Crippen LogP contribution in [0.4, 0.5) is 0 Å². The molecule has 2 heteroatoms. The van der Waals surface area contributed by atoms with Crippen molar-refractivity contribution in [2.24, 2.45) is 0 Å².